The maximum absolute atomic E-state index is 11.7. The third kappa shape index (κ3) is 3.23. The van der Waals surface area contributed by atoms with Crippen LogP contribution in [0.25, 0.3) is 0 Å². The second kappa shape index (κ2) is 6.02. The lowest BCUT2D eigenvalue weighted by atomic mass is 10.2. The molecule has 2 amide bonds. The number of benzene rings is 1. The first-order chi connectivity index (χ1) is 9.58. The van der Waals surface area contributed by atoms with Crippen LogP contribution in [-0.4, -0.2) is 32.3 Å². The molecule has 0 aliphatic rings. The molecule has 0 atom stereocenters. The number of aromatic amines is 1. The van der Waals surface area contributed by atoms with Crippen LogP contribution in [0.15, 0.2) is 24.5 Å². The molecule has 0 aliphatic carbocycles. The molecule has 0 fully saturated rings. The highest BCUT2D eigenvalue weighted by atomic mass is 35.5. The Labute approximate surface area is 118 Å². The van der Waals surface area contributed by atoms with Gasteiger partial charge >= 0.3 is 12.0 Å². The lowest BCUT2D eigenvalue weighted by molar-refractivity contribution is 0.0698. The van der Waals surface area contributed by atoms with Crippen molar-refractivity contribution in [3.63, 3.8) is 0 Å². The normalized spacial score (nSPS) is 10.1. The van der Waals surface area contributed by atoms with Gasteiger partial charge in [-0.15, -0.1) is 0 Å². The summed E-state index contributed by atoms with van der Waals surface area (Å²) in [6.45, 7) is 0.134. The number of aromatic carboxylic acids is 1. The van der Waals surface area contributed by atoms with Crippen molar-refractivity contribution in [1.29, 1.82) is 0 Å². The van der Waals surface area contributed by atoms with E-state index in [1.165, 1.54) is 18.5 Å². The molecule has 1 aromatic heterocycles. The number of carbonyl (C=O) groups excluding carboxylic acids is 1. The van der Waals surface area contributed by atoms with E-state index in [0.717, 1.165) is 0 Å². The summed E-state index contributed by atoms with van der Waals surface area (Å²) in [5.41, 5.74) is -0.0518. The SMILES string of the molecule is O=C(NCc1ncn[nH]1)Nc1cccc(Cl)c1C(=O)O. The first-order valence-corrected chi connectivity index (χ1v) is 5.86. The standard InChI is InChI=1S/C11H10ClN5O3/c12-6-2-1-3-7(9(6)10(18)19)16-11(20)13-4-8-14-5-15-17-8/h1-3,5H,4H2,(H,18,19)(H2,13,16,20)(H,14,15,17). The Bertz CT molecular complexity index is 629. The molecular formula is C11H10ClN5O3. The topological polar surface area (TPSA) is 120 Å². The predicted molar refractivity (Wildman–Crippen MR) is 70.7 cm³/mol. The fourth-order valence-corrected chi connectivity index (χ4v) is 1.75. The van der Waals surface area contributed by atoms with Gasteiger partial charge in [0.1, 0.15) is 17.7 Å². The largest absolute Gasteiger partial charge is 0.478 e. The van der Waals surface area contributed by atoms with Crippen molar-refractivity contribution in [2.75, 3.05) is 5.32 Å². The van der Waals surface area contributed by atoms with Gasteiger partial charge < -0.3 is 15.7 Å². The van der Waals surface area contributed by atoms with Crippen LogP contribution in [0.3, 0.4) is 0 Å². The highest BCUT2D eigenvalue weighted by Crippen LogP contribution is 2.24. The van der Waals surface area contributed by atoms with E-state index in [1.54, 1.807) is 6.07 Å². The van der Waals surface area contributed by atoms with Crippen LogP contribution in [0.2, 0.25) is 5.02 Å². The number of carbonyl (C=O) groups is 2. The fourth-order valence-electron chi connectivity index (χ4n) is 1.49. The fraction of sp³-hybridized carbons (Fsp3) is 0.0909. The molecule has 104 valence electrons. The highest BCUT2D eigenvalue weighted by molar-refractivity contribution is 6.34. The smallest absolute Gasteiger partial charge is 0.339 e. The maximum atomic E-state index is 11.7. The van der Waals surface area contributed by atoms with Crippen molar-refractivity contribution in [1.82, 2.24) is 20.5 Å². The number of H-pyrrole nitrogens is 1. The highest BCUT2D eigenvalue weighted by Gasteiger charge is 2.15. The Morgan fingerprint density at radius 2 is 2.20 bits per heavy atom. The summed E-state index contributed by atoms with van der Waals surface area (Å²) in [5.74, 6) is -0.745. The zero-order valence-electron chi connectivity index (χ0n) is 10.1. The Hall–Kier alpha value is -2.61. The van der Waals surface area contributed by atoms with Gasteiger partial charge in [-0.1, -0.05) is 17.7 Å². The molecule has 0 saturated heterocycles. The van der Waals surface area contributed by atoms with Crippen molar-refractivity contribution in [3.05, 3.63) is 40.9 Å². The van der Waals surface area contributed by atoms with Crippen LogP contribution in [-0.2, 0) is 6.54 Å². The molecule has 0 saturated carbocycles. The number of carboxylic acid groups (broad SMARTS) is 1. The average Bonchev–Trinajstić information content (AvgIpc) is 2.89. The van der Waals surface area contributed by atoms with Gasteiger partial charge in [0.05, 0.1) is 17.3 Å². The Morgan fingerprint density at radius 3 is 2.85 bits per heavy atom. The zero-order chi connectivity index (χ0) is 14.5. The minimum Gasteiger partial charge on any atom is -0.478 e. The minimum atomic E-state index is -1.22. The molecule has 0 radical (unpaired) electrons. The summed E-state index contributed by atoms with van der Waals surface area (Å²) in [6.07, 6.45) is 1.31. The van der Waals surface area contributed by atoms with E-state index in [1.807, 2.05) is 0 Å². The van der Waals surface area contributed by atoms with E-state index in [-0.39, 0.29) is 22.8 Å². The van der Waals surface area contributed by atoms with Gasteiger partial charge in [0.2, 0.25) is 0 Å². The first kappa shape index (κ1) is 13.8. The number of rotatable bonds is 4. The number of anilines is 1. The molecule has 1 heterocycles. The summed E-state index contributed by atoms with van der Waals surface area (Å²) in [7, 11) is 0. The van der Waals surface area contributed by atoms with Gasteiger partial charge in [-0.3, -0.25) is 5.10 Å². The lowest BCUT2D eigenvalue weighted by Gasteiger charge is -2.10. The van der Waals surface area contributed by atoms with Gasteiger partial charge in [0.25, 0.3) is 0 Å². The van der Waals surface area contributed by atoms with Gasteiger partial charge in [0.15, 0.2) is 0 Å². The summed E-state index contributed by atoms with van der Waals surface area (Å²) in [4.78, 5) is 26.6. The van der Waals surface area contributed by atoms with Crippen LogP contribution < -0.4 is 10.6 Å². The van der Waals surface area contributed by atoms with Crippen molar-refractivity contribution in [2.24, 2.45) is 0 Å². The van der Waals surface area contributed by atoms with E-state index in [9.17, 15) is 9.59 Å². The first-order valence-electron chi connectivity index (χ1n) is 5.49. The van der Waals surface area contributed by atoms with Gasteiger partial charge in [0, 0.05) is 0 Å². The number of aromatic nitrogens is 3. The van der Waals surface area contributed by atoms with Gasteiger partial charge in [-0.25, -0.2) is 14.6 Å². The molecule has 0 spiro atoms. The third-order valence-corrected chi connectivity index (χ3v) is 2.67. The molecule has 0 aliphatic heterocycles. The summed E-state index contributed by atoms with van der Waals surface area (Å²) >= 11 is 5.79. The number of carboxylic acids is 1. The Balaban J connectivity index is 2.04. The average molecular weight is 296 g/mol. The van der Waals surface area contributed by atoms with Crippen molar-refractivity contribution in [2.45, 2.75) is 6.54 Å². The molecule has 2 aromatic rings. The monoisotopic (exact) mass is 295 g/mol. The number of hydrogen-bond acceptors (Lipinski definition) is 4. The molecule has 1 aromatic carbocycles. The molecule has 8 nitrogen and oxygen atoms in total. The molecule has 2 rings (SSSR count). The number of hydrogen-bond donors (Lipinski definition) is 4. The molecule has 0 bridgehead atoms. The number of halogens is 1. The van der Waals surface area contributed by atoms with Crippen molar-refractivity contribution in [3.8, 4) is 0 Å². The van der Waals surface area contributed by atoms with Crippen LogP contribution in [0.1, 0.15) is 16.2 Å². The molecule has 4 N–H and O–H groups in total. The van der Waals surface area contributed by atoms with E-state index < -0.39 is 12.0 Å². The quantitative estimate of drug-likeness (QED) is 0.681. The van der Waals surface area contributed by atoms with Crippen molar-refractivity contribution >= 4 is 29.3 Å². The lowest BCUT2D eigenvalue weighted by Crippen LogP contribution is -2.29. The molecular weight excluding hydrogens is 286 g/mol. The zero-order valence-corrected chi connectivity index (χ0v) is 10.8. The maximum Gasteiger partial charge on any atom is 0.339 e. The Morgan fingerprint density at radius 1 is 1.40 bits per heavy atom. The summed E-state index contributed by atoms with van der Waals surface area (Å²) < 4.78 is 0. The predicted octanol–water partition coefficient (Wildman–Crippen LogP) is 1.48. The summed E-state index contributed by atoms with van der Waals surface area (Å²) in [5, 5.41) is 20.2. The number of nitrogens with zero attached hydrogens (tertiary/aromatic N) is 2. The Kier molecular flexibility index (Phi) is 4.16. The molecule has 0 unspecified atom stereocenters. The molecule has 20 heavy (non-hydrogen) atoms. The van der Waals surface area contributed by atoms with Crippen LogP contribution >= 0.6 is 11.6 Å². The van der Waals surface area contributed by atoms with E-state index in [4.69, 9.17) is 16.7 Å². The van der Waals surface area contributed by atoms with Crippen molar-refractivity contribution < 1.29 is 14.7 Å². The van der Waals surface area contributed by atoms with Crippen LogP contribution in [0, 0.1) is 0 Å². The second-order valence-corrected chi connectivity index (χ2v) is 4.11. The van der Waals surface area contributed by atoms with Crippen LogP contribution in [0.4, 0.5) is 10.5 Å². The summed E-state index contributed by atoms with van der Waals surface area (Å²) in [6, 6.07) is 3.85. The van der Waals surface area contributed by atoms with Crippen LogP contribution in [0.5, 0.6) is 0 Å². The van der Waals surface area contributed by atoms with Gasteiger partial charge in [-0.05, 0) is 12.1 Å². The number of urea groups is 1. The van der Waals surface area contributed by atoms with E-state index >= 15 is 0 Å². The third-order valence-electron chi connectivity index (χ3n) is 2.36. The van der Waals surface area contributed by atoms with Gasteiger partial charge in [-0.2, -0.15) is 5.10 Å². The minimum absolute atomic E-state index is 0.0468. The number of nitrogens with one attached hydrogen (secondary N) is 3. The molecule has 9 heteroatoms. The second-order valence-electron chi connectivity index (χ2n) is 3.71. The van der Waals surface area contributed by atoms with E-state index in [2.05, 4.69) is 25.8 Å². The number of amides is 2. The van der Waals surface area contributed by atoms with E-state index in [0.29, 0.717) is 5.82 Å².